The van der Waals surface area contributed by atoms with Crippen LogP contribution >= 0.6 is 12.4 Å². The van der Waals surface area contributed by atoms with Crippen molar-refractivity contribution in [3.05, 3.63) is 0 Å². The van der Waals surface area contributed by atoms with Gasteiger partial charge in [-0.3, -0.25) is 4.79 Å². The number of hydrogen-bond donors (Lipinski definition) is 1. The quantitative estimate of drug-likeness (QED) is 0.837. The minimum Gasteiger partial charge on any atom is -0.344 e. The third kappa shape index (κ3) is 5.67. The van der Waals surface area contributed by atoms with Gasteiger partial charge in [0.15, 0.2) is 0 Å². The molecule has 1 amide bonds. The zero-order chi connectivity index (χ0) is 13.7. The van der Waals surface area contributed by atoms with Gasteiger partial charge in [0.25, 0.3) is 0 Å². The second kappa shape index (κ2) is 8.77. The van der Waals surface area contributed by atoms with Gasteiger partial charge in [-0.2, -0.15) is 0 Å². The predicted molar refractivity (Wildman–Crippen MR) is 82.5 cm³/mol. The van der Waals surface area contributed by atoms with E-state index in [1.165, 1.54) is 12.8 Å². The minimum atomic E-state index is -0.341. The van der Waals surface area contributed by atoms with E-state index in [1.54, 1.807) is 0 Å². The van der Waals surface area contributed by atoms with Gasteiger partial charge in [-0.1, -0.05) is 20.3 Å². The summed E-state index contributed by atoms with van der Waals surface area (Å²) in [6.45, 7) is 7.27. The van der Waals surface area contributed by atoms with E-state index in [4.69, 9.17) is 5.73 Å². The Hall–Kier alpha value is -0.320. The number of hydrogen-bond acceptors (Lipinski definition) is 3. The molecule has 1 aliphatic heterocycles. The van der Waals surface area contributed by atoms with Gasteiger partial charge >= 0.3 is 0 Å². The third-order valence-corrected chi connectivity index (χ3v) is 4.29. The molecule has 1 fully saturated rings. The highest BCUT2D eigenvalue weighted by atomic mass is 35.5. The van der Waals surface area contributed by atoms with Crippen LogP contribution in [-0.4, -0.2) is 55.5 Å². The van der Waals surface area contributed by atoms with E-state index in [1.807, 2.05) is 18.9 Å². The summed E-state index contributed by atoms with van der Waals surface area (Å²) in [5.74, 6) is 1.000. The maximum absolute atomic E-state index is 12.2. The van der Waals surface area contributed by atoms with Crippen LogP contribution in [0.1, 0.15) is 33.1 Å². The first kappa shape index (κ1) is 18.7. The number of piperidine rings is 1. The van der Waals surface area contributed by atoms with Crippen LogP contribution in [0.5, 0.6) is 0 Å². The smallest absolute Gasteiger partial charge is 0.239 e. The molecule has 2 N–H and O–H groups in total. The van der Waals surface area contributed by atoms with Crippen LogP contribution in [0.3, 0.4) is 0 Å². The summed E-state index contributed by atoms with van der Waals surface area (Å²) in [5, 5.41) is 0. The van der Waals surface area contributed by atoms with Crippen molar-refractivity contribution in [2.24, 2.45) is 17.6 Å². The molecule has 114 valence electrons. The number of halogens is 1. The van der Waals surface area contributed by atoms with Crippen molar-refractivity contribution in [2.45, 2.75) is 39.2 Å². The van der Waals surface area contributed by atoms with E-state index in [0.29, 0.717) is 5.92 Å². The molecule has 0 saturated carbocycles. The largest absolute Gasteiger partial charge is 0.344 e. The number of rotatable bonds is 5. The van der Waals surface area contributed by atoms with E-state index in [9.17, 15) is 4.79 Å². The van der Waals surface area contributed by atoms with E-state index >= 15 is 0 Å². The molecule has 4 nitrogen and oxygen atoms in total. The highest BCUT2D eigenvalue weighted by Gasteiger charge is 2.25. The molecule has 0 bridgehead atoms. The molecule has 0 aromatic heterocycles. The van der Waals surface area contributed by atoms with Crippen molar-refractivity contribution in [1.29, 1.82) is 0 Å². The van der Waals surface area contributed by atoms with Crippen LogP contribution in [0, 0.1) is 11.8 Å². The van der Waals surface area contributed by atoms with Crippen molar-refractivity contribution in [3.63, 3.8) is 0 Å². The molecule has 1 rings (SSSR count). The second-order valence-corrected chi connectivity index (χ2v) is 5.88. The SMILES string of the molecule is CCC(C)C(N)C(=O)N(C)CC1CCN(C)CC1.Cl. The fraction of sp³-hybridized carbons (Fsp3) is 0.929. The van der Waals surface area contributed by atoms with Crippen LogP contribution < -0.4 is 5.73 Å². The van der Waals surface area contributed by atoms with Crippen molar-refractivity contribution in [2.75, 3.05) is 33.7 Å². The summed E-state index contributed by atoms with van der Waals surface area (Å²) in [7, 11) is 4.05. The summed E-state index contributed by atoms with van der Waals surface area (Å²) < 4.78 is 0. The lowest BCUT2D eigenvalue weighted by Gasteiger charge is -2.33. The highest BCUT2D eigenvalue weighted by Crippen LogP contribution is 2.17. The summed E-state index contributed by atoms with van der Waals surface area (Å²) in [6.07, 6.45) is 3.33. The van der Waals surface area contributed by atoms with Crippen molar-refractivity contribution in [1.82, 2.24) is 9.80 Å². The Balaban J connectivity index is 0.00000324. The number of likely N-dealkylation sites (tertiary alicyclic amines) is 1. The second-order valence-electron chi connectivity index (χ2n) is 5.88. The first-order chi connectivity index (χ1) is 8.45. The van der Waals surface area contributed by atoms with Crippen molar-refractivity contribution >= 4 is 18.3 Å². The number of carbonyl (C=O) groups excluding carboxylic acids is 1. The highest BCUT2D eigenvalue weighted by molar-refractivity contribution is 5.85. The van der Waals surface area contributed by atoms with Gasteiger partial charge in [0.05, 0.1) is 6.04 Å². The van der Waals surface area contributed by atoms with Crippen LogP contribution in [0.4, 0.5) is 0 Å². The molecule has 1 saturated heterocycles. The van der Waals surface area contributed by atoms with Crippen LogP contribution in [0.2, 0.25) is 0 Å². The molecule has 19 heavy (non-hydrogen) atoms. The maximum atomic E-state index is 12.2. The maximum Gasteiger partial charge on any atom is 0.239 e. The monoisotopic (exact) mass is 291 g/mol. The lowest BCUT2D eigenvalue weighted by molar-refractivity contribution is -0.133. The normalized spacial score (nSPS) is 20.5. The molecule has 0 radical (unpaired) electrons. The number of carbonyl (C=O) groups is 1. The van der Waals surface area contributed by atoms with Gasteiger partial charge in [-0.25, -0.2) is 0 Å². The number of nitrogens with two attached hydrogens (primary N) is 1. The summed E-state index contributed by atoms with van der Waals surface area (Å²) in [6, 6.07) is -0.341. The van der Waals surface area contributed by atoms with Crippen LogP contribution in [-0.2, 0) is 4.79 Å². The molecule has 2 atom stereocenters. The minimum absolute atomic E-state index is 0. The van der Waals surface area contributed by atoms with Gasteiger partial charge in [0.2, 0.25) is 5.91 Å². The Kier molecular flexibility index (Phi) is 8.62. The fourth-order valence-corrected chi connectivity index (χ4v) is 2.47. The molecule has 0 aromatic carbocycles. The first-order valence-corrected chi connectivity index (χ1v) is 7.14. The van der Waals surface area contributed by atoms with E-state index in [-0.39, 0.29) is 30.3 Å². The lowest BCUT2D eigenvalue weighted by atomic mass is 9.95. The summed E-state index contributed by atoms with van der Waals surface area (Å²) in [5.41, 5.74) is 6.00. The van der Waals surface area contributed by atoms with E-state index in [0.717, 1.165) is 26.1 Å². The lowest BCUT2D eigenvalue weighted by Crippen LogP contribution is -2.47. The number of likely N-dealkylation sites (N-methyl/N-ethyl adjacent to an activating group) is 1. The molecule has 0 aliphatic carbocycles. The molecular weight excluding hydrogens is 262 g/mol. The average Bonchev–Trinajstić information content (AvgIpc) is 2.38. The topological polar surface area (TPSA) is 49.6 Å². The van der Waals surface area contributed by atoms with Crippen molar-refractivity contribution in [3.8, 4) is 0 Å². The van der Waals surface area contributed by atoms with Gasteiger partial charge in [0.1, 0.15) is 0 Å². The average molecular weight is 292 g/mol. The van der Waals surface area contributed by atoms with Gasteiger partial charge in [-0.05, 0) is 44.8 Å². The third-order valence-electron chi connectivity index (χ3n) is 4.29. The van der Waals surface area contributed by atoms with Crippen LogP contribution in [0.25, 0.3) is 0 Å². The molecule has 0 spiro atoms. The fourth-order valence-electron chi connectivity index (χ4n) is 2.47. The first-order valence-electron chi connectivity index (χ1n) is 7.14. The van der Waals surface area contributed by atoms with Crippen LogP contribution in [0.15, 0.2) is 0 Å². The number of nitrogens with zero attached hydrogens (tertiary/aromatic N) is 2. The molecule has 2 unspecified atom stereocenters. The Bertz CT molecular complexity index is 267. The Morgan fingerprint density at radius 1 is 1.42 bits per heavy atom. The summed E-state index contributed by atoms with van der Waals surface area (Å²) in [4.78, 5) is 16.4. The van der Waals surface area contributed by atoms with Crippen molar-refractivity contribution < 1.29 is 4.79 Å². The summed E-state index contributed by atoms with van der Waals surface area (Å²) >= 11 is 0. The molecule has 1 heterocycles. The van der Waals surface area contributed by atoms with Gasteiger partial charge in [0, 0.05) is 13.6 Å². The van der Waals surface area contributed by atoms with Gasteiger partial charge < -0.3 is 15.5 Å². The molecule has 0 aromatic rings. The zero-order valence-corrected chi connectivity index (χ0v) is 13.6. The standard InChI is InChI=1S/C14H29N3O.ClH/c1-5-11(2)13(15)14(18)17(4)10-12-6-8-16(3)9-7-12;/h11-13H,5-10,15H2,1-4H3;1H. The molecular formula is C14H30ClN3O. The Labute approximate surface area is 124 Å². The van der Waals surface area contributed by atoms with Gasteiger partial charge in [-0.15, -0.1) is 12.4 Å². The molecule has 1 aliphatic rings. The van der Waals surface area contributed by atoms with E-state index in [2.05, 4.69) is 18.9 Å². The molecule has 5 heteroatoms. The Morgan fingerprint density at radius 3 is 2.42 bits per heavy atom. The zero-order valence-electron chi connectivity index (χ0n) is 12.8. The predicted octanol–water partition coefficient (Wildman–Crippen LogP) is 1.58. The number of amides is 1. The Morgan fingerprint density at radius 2 is 1.95 bits per heavy atom. The van der Waals surface area contributed by atoms with E-state index < -0.39 is 0 Å².